The molecule has 1 rings (SSSR count). The Balaban J connectivity index is 2.65. The molecule has 0 atom stereocenters. The molecule has 124 valence electrons. The van der Waals surface area contributed by atoms with Crippen LogP contribution in [0.1, 0.15) is 33.6 Å². The van der Waals surface area contributed by atoms with E-state index in [0.717, 1.165) is 0 Å². The first-order valence-electron chi connectivity index (χ1n) is 7.85. The predicted molar refractivity (Wildman–Crippen MR) is 89.3 cm³/mol. The van der Waals surface area contributed by atoms with Crippen LogP contribution in [0.3, 0.4) is 0 Å². The first-order chi connectivity index (χ1) is 10.5. The van der Waals surface area contributed by atoms with Gasteiger partial charge in [0.2, 0.25) is 5.91 Å². The summed E-state index contributed by atoms with van der Waals surface area (Å²) in [6.07, 6.45) is 1.35. The maximum Gasteiger partial charge on any atom is 0.238 e. The van der Waals surface area contributed by atoms with E-state index in [1.54, 1.807) is 19.2 Å². The monoisotopic (exact) mass is 308 g/mol. The second kappa shape index (κ2) is 8.76. The van der Waals surface area contributed by atoms with Gasteiger partial charge in [0.25, 0.3) is 0 Å². The Kier molecular flexibility index (Phi) is 7.35. The lowest BCUT2D eigenvalue weighted by atomic mass is 9.97. The van der Waals surface area contributed by atoms with Gasteiger partial charge in [0.15, 0.2) is 0 Å². The van der Waals surface area contributed by atoms with Crippen molar-refractivity contribution >= 4 is 11.6 Å². The Bertz CT molecular complexity index is 473. The minimum absolute atomic E-state index is 0.110. The van der Waals surface area contributed by atoms with Crippen LogP contribution in [0.5, 0.6) is 5.75 Å². The molecule has 0 fully saturated rings. The van der Waals surface area contributed by atoms with Gasteiger partial charge >= 0.3 is 0 Å². The minimum atomic E-state index is -0.735. The van der Waals surface area contributed by atoms with Crippen LogP contribution >= 0.6 is 0 Å². The first-order valence-corrected chi connectivity index (χ1v) is 7.85. The Morgan fingerprint density at radius 3 is 2.45 bits per heavy atom. The number of nitrogens with one attached hydrogen (secondary N) is 1. The van der Waals surface area contributed by atoms with Crippen molar-refractivity contribution in [2.24, 2.45) is 0 Å². The van der Waals surface area contributed by atoms with Crippen LogP contribution in [0.25, 0.3) is 0 Å². The molecule has 0 aliphatic heterocycles. The molecule has 22 heavy (non-hydrogen) atoms. The molecule has 1 amide bonds. The zero-order valence-corrected chi connectivity index (χ0v) is 14.1. The number of amides is 1. The Labute approximate surface area is 133 Å². The molecule has 0 saturated carbocycles. The lowest BCUT2D eigenvalue weighted by molar-refractivity contribution is -0.118. The normalized spacial score (nSPS) is 11.5. The molecule has 5 nitrogen and oxygen atoms in total. The summed E-state index contributed by atoms with van der Waals surface area (Å²) in [6.45, 7) is 7.37. The highest BCUT2D eigenvalue weighted by atomic mass is 16.5. The van der Waals surface area contributed by atoms with E-state index in [2.05, 4.69) is 5.32 Å². The number of hydrogen-bond acceptors (Lipinski definition) is 4. The van der Waals surface area contributed by atoms with Crippen LogP contribution in [-0.2, 0) is 4.79 Å². The van der Waals surface area contributed by atoms with Crippen LogP contribution in [0.15, 0.2) is 24.3 Å². The number of hydrogen-bond donors (Lipinski definition) is 2. The number of anilines is 1. The molecule has 2 N–H and O–H groups in total. The number of rotatable bonds is 9. The van der Waals surface area contributed by atoms with Gasteiger partial charge in [0.05, 0.1) is 24.9 Å². The van der Waals surface area contributed by atoms with Gasteiger partial charge in [-0.2, -0.15) is 0 Å². The van der Waals surface area contributed by atoms with E-state index in [1.807, 2.05) is 37.8 Å². The molecule has 1 aromatic carbocycles. The van der Waals surface area contributed by atoms with Crippen molar-refractivity contribution in [1.82, 2.24) is 4.90 Å². The maximum absolute atomic E-state index is 12.2. The van der Waals surface area contributed by atoms with Gasteiger partial charge in [-0.15, -0.1) is 0 Å². The summed E-state index contributed by atoms with van der Waals surface area (Å²) in [4.78, 5) is 14.2. The third kappa shape index (κ3) is 5.31. The van der Waals surface area contributed by atoms with Crippen LogP contribution in [0.4, 0.5) is 5.69 Å². The number of carbonyl (C=O) groups excluding carboxylic acids is 1. The van der Waals surface area contributed by atoms with E-state index in [-0.39, 0.29) is 12.5 Å². The molecule has 0 saturated heterocycles. The standard InChI is InChI=1S/C17H28N2O3/c1-5-17(21,6-2)13-19(7-3)12-16(20)18-14-10-8-9-11-15(14)22-4/h8-11,21H,5-7,12-13H2,1-4H3,(H,18,20). The number of para-hydroxylation sites is 2. The van der Waals surface area contributed by atoms with Crippen molar-refractivity contribution < 1.29 is 14.6 Å². The number of nitrogens with zero attached hydrogens (tertiary/aromatic N) is 1. The second-order valence-electron chi connectivity index (χ2n) is 5.48. The van der Waals surface area contributed by atoms with Crippen LogP contribution in [-0.4, -0.2) is 48.3 Å². The smallest absolute Gasteiger partial charge is 0.238 e. The van der Waals surface area contributed by atoms with Crippen molar-refractivity contribution in [2.45, 2.75) is 39.2 Å². The van der Waals surface area contributed by atoms with E-state index in [9.17, 15) is 9.90 Å². The summed E-state index contributed by atoms with van der Waals surface area (Å²) in [5.41, 5.74) is -0.0759. The summed E-state index contributed by atoms with van der Waals surface area (Å²) in [5.74, 6) is 0.526. The van der Waals surface area contributed by atoms with E-state index in [0.29, 0.717) is 37.4 Å². The summed E-state index contributed by atoms with van der Waals surface area (Å²) in [5, 5.41) is 13.3. The number of aliphatic hydroxyl groups is 1. The average molecular weight is 308 g/mol. The Morgan fingerprint density at radius 2 is 1.91 bits per heavy atom. The fourth-order valence-electron chi connectivity index (χ4n) is 2.31. The minimum Gasteiger partial charge on any atom is -0.495 e. The molecule has 0 radical (unpaired) electrons. The SMILES string of the molecule is CCN(CC(=O)Nc1ccccc1OC)CC(O)(CC)CC. The highest BCUT2D eigenvalue weighted by molar-refractivity contribution is 5.93. The van der Waals surface area contributed by atoms with Gasteiger partial charge < -0.3 is 15.2 Å². The number of ether oxygens (including phenoxy) is 1. The third-order valence-electron chi connectivity index (χ3n) is 4.03. The molecular weight excluding hydrogens is 280 g/mol. The number of carbonyl (C=O) groups is 1. The molecule has 0 bridgehead atoms. The summed E-state index contributed by atoms with van der Waals surface area (Å²) in [6, 6.07) is 7.32. The van der Waals surface area contributed by atoms with Crippen molar-refractivity contribution in [3.05, 3.63) is 24.3 Å². The molecule has 0 aromatic heterocycles. The molecule has 0 unspecified atom stereocenters. The molecule has 0 spiro atoms. The lowest BCUT2D eigenvalue weighted by Gasteiger charge is -2.32. The van der Waals surface area contributed by atoms with Crippen LogP contribution in [0, 0.1) is 0 Å². The highest BCUT2D eigenvalue weighted by Crippen LogP contribution is 2.23. The predicted octanol–water partition coefficient (Wildman–Crippen LogP) is 2.51. The molecule has 1 aromatic rings. The Morgan fingerprint density at radius 1 is 1.27 bits per heavy atom. The fourth-order valence-corrected chi connectivity index (χ4v) is 2.31. The average Bonchev–Trinajstić information content (AvgIpc) is 2.54. The Hall–Kier alpha value is -1.59. The van der Waals surface area contributed by atoms with E-state index >= 15 is 0 Å². The lowest BCUT2D eigenvalue weighted by Crippen LogP contribution is -2.45. The summed E-state index contributed by atoms with van der Waals surface area (Å²) >= 11 is 0. The van der Waals surface area contributed by atoms with Gasteiger partial charge in [0.1, 0.15) is 5.75 Å². The largest absolute Gasteiger partial charge is 0.495 e. The highest BCUT2D eigenvalue weighted by Gasteiger charge is 2.26. The number of methoxy groups -OCH3 is 1. The van der Waals surface area contributed by atoms with Crippen molar-refractivity contribution in [3.8, 4) is 5.75 Å². The van der Waals surface area contributed by atoms with Gasteiger partial charge in [-0.3, -0.25) is 9.69 Å². The zero-order chi connectivity index (χ0) is 16.6. The van der Waals surface area contributed by atoms with Crippen LogP contribution < -0.4 is 10.1 Å². The zero-order valence-electron chi connectivity index (χ0n) is 14.1. The topological polar surface area (TPSA) is 61.8 Å². The van der Waals surface area contributed by atoms with E-state index in [1.165, 1.54) is 0 Å². The van der Waals surface area contributed by atoms with Crippen molar-refractivity contribution in [2.75, 3.05) is 32.1 Å². The molecule has 0 aliphatic carbocycles. The van der Waals surface area contributed by atoms with Crippen LogP contribution in [0.2, 0.25) is 0 Å². The molecule has 0 aliphatic rings. The van der Waals surface area contributed by atoms with Gasteiger partial charge in [-0.25, -0.2) is 0 Å². The van der Waals surface area contributed by atoms with Crippen molar-refractivity contribution in [1.29, 1.82) is 0 Å². The van der Waals surface area contributed by atoms with Gasteiger partial charge in [-0.05, 0) is 31.5 Å². The second-order valence-corrected chi connectivity index (χ2v) is 5.48. The van der Waals surface area contributed by atoms with Gasteiger partial charge in [-0.1, -0.05) is 32.9 Å². The number of likely N-dealkylation sites (N-methyl/N-ethyl adjacent to an activating group) is 1. The fraction of sp³-hybridized carbons (Fsp3) is 0.588. The summed E-state index contributed by atoms with van der Waals surface area (Å²) in [7, 11) is 1.58. The summed E-state index contributed by atoms with van der Waals surface area (Å²) < 4.78 is 5.22. The third-order valence-corrected chi connectivity index (χ3v) is 4.03. The maximum atomic E-state index is 12.2. The van der Waals surface area contributed by atoms with Gasteiger partial charge in [0, 0.05) is 6.54 Å². The van der Waals surface area contributed by atoms with Crippen molar-refractivity contribution in [3.63, 3.8) is 0 Å². The quantitative estimate of drug-likeness (QED) is 0.736. The molecule has 5 heteroatoms. The van der Waals surface area contributed by atoms with E-state index in [4.69, 9.17) is 4.74 Å². The van der Waals surface area contributed by atoms with E-state index < -0.39 is 5.60 Å². The number of benzene rings is 1. The molecule has 0 heterocycles. The molecular formula is C17H28N2O3. The first kappa shape index (κ1) is 18.5.